The number of hydrogen-bond acceptors (Lipinski definition) is 1. The van der Waals surface area contributed by atoms with E-state index in [0.717, 1.165) is 12.8 Å². The van der Waals surface area contributed by atoms with Crippen LogP contribution in [0.1, 0.15) is 18.4 Å². The molecule has 3 rings (SSSR count). The Morgan fingerprint density at radius 3 is 2.88 bits per heavy atom. The average molecular weight is 224 g/mol. The van der Waals surface area contributed by atoms with Crippen molar-refractivity contribution in [3.63, 3.8) is 0 Å². The Balaban J connectivity index is 2.17. The molecule has 0 N–H and O–H groups in total. The van der Waals surface area contributed by atoms with Crippen molar-refractivity contribution in [2.75, 3.05) is 0 Å². The van der Waals surface area contributed by atoms with Gasteiger partial charge in [0.15, 0.2) is 0 Å². The van der Waals surface area contributed by atoms with Gasteiger partial charge in [-0.15, -0.1) is 0 Å². The molecule has 0 radical (unpaired) electrons. The van der Waals surface area contributed by atoms with Gasteiger partial charge in [-0.05, 0) is 18.4 Å². The van der Waals surface area contributed by atoms with Gasteiger partial charge in [-0.1, -0.05) is 65.1 Å². The summed E-state index contributed by atoms with van der Waals surface area (Å²) in [5.74, 6) is 0.220. The van der Waals surface area contributed by atoms with E-state index in [4.69, 9.17) is 12.5 Å². The lowest BCUT2D eigenvalue weighted by atomic mass is 9.58. The lowest BCUT2D eigenvalue weighted by Crippen LogP contribution is -2.29. The average Bonchev–Trinajstić information content (AvgIpc) is 2.49. The summed E-state index contributed by atoms with van der Waals surface area (Å²) in [4.78, 5) is 0. The van der Waals surface area contributed by atoms with Crippen molar-refractivity contribution < 1.29 is 0 Å². The lowest BCUT2D eigenvalue weighted by molar-refractivity contribution is 0.986. The minimum absolute atomic E-state index is 0.220. The van der Waals surface area contributed by atoms with Gasteiger partial charge in [0.2, 0.25) is 0 Å². The van der Waals surface area contributed by atoms with Crippen LogP contribution in [0.2, 0.25) is 0 Å². The van der Waals surface area contributed by atoms with Crippen molar-refractivity contribution in [2.45, 2.75) is 12.8 Å². The maximum atomic E-state index is 4.78. The zero-order valence-corrected chi connectivity index (χ0v) is 9.95. The summed E-state index contributed by atoms with van der Waals surface area (Å²) >= 11 is 4.78. The van der Waals surface area contributed by atoms with E-state index in [1.165, 1.54) is 22.1 Å². The lowest BCUT2D eigenvalue weighted by Gasteiger charge is -2.15. The highest BCUT2D eigenvalue weighted by Crippen LogP contribution is 2.26. The molecule has 2 heteroatoms. The molecule has 2 aliphatic rings. The van der Waals surface area contributed by atoms with Gasteiger partial charge in [-0.25, -0.2) is 12.5 Å². The van der Waals surface area contributed by atoms with Crippen LogP contribution in [0.4, 0.5) is 0 Å². The zero-order valence-electron chi connectivity index (χ0n) is 9.06. The summed E-state index contributed by atoms with van der Waals surface area (Å²) < 4.78 is 0. The Labute approximate surface area is 102 Å². The minimum atomic E-state index is 0.220. The fourth-order valence-corrected chi connectivity index (χ4v) is 2.90. The van der Waals surface area contributed by atoms with Crippen LogP contribution < -0.4 is 5.46 Å². The van der Waals surface area contributed by atoms with Crippen molar-refractivity contribution in [3.8, 4) is 0 Å². The van der Waals surface area contributed by atoms with Gasteiger partial charge in [0.25, 0.3) is 5.99 Å². The van der Waals surface area contributed by atoms with Gasteiger partial charge in [0, 0.05) is 0 Å². The molecular formula is C14H13BS. The van der Waals surface area contributed by atoms with Crippen LogP contribution in [-0.2, 0) is 0 Å². The Bertz CT molecular complexity index is 511. The van der Waals surface area contributed by atoms with E-state index < -0.39 is 0 Å². The first-order valence-electron chi connectivity index (χ1n) is 5.71. The highest BCUT2D eigenvalue weighted by atomic mass is 32.1. The topological polar surface area (TPSA) is 0 Å². The second kappa shape index (κ2) is 4.02. The third kappa shape index (κ3) is 1.58. The molecule has 0 amide bonds. The van der Waals surface area contributed by atoms with Crippen molar-refractivity contribution in [2.24, 2.45) is 0 Å². The first-order valence-corrected chi connectivity index (χ1v) is 6.22. The molecule has 0 fully saturated rings. The van der Waals surface area contributed by atoms with Crippen LogP contribution in [0.25, 0.3) is 6.08 Å². The first-order chi connectivity index (χ1) is 7.86. The summed E-state index contributed by atoms with van der Waals surface area (Å²) in [7, 11) is 0. The highest BCUT2D eigenvalue weighted by Gasteiger charge is 2.23. The number of thiol groups is 1. The van der Waals surface area contributed by atoms with Gasteiger partial charge in [0.05, 0.1) is 0 Å². The predicted molar refractivity (Wildman–Crippen MR) is 75.3 cm³/mol. The van der Waals surface area contributed by atoms with E-state index in [1.807, 2.05) is 0 Å². The van der Waals surface area contributed by atoms with E-state index >= 15 is 0 Å². The Morgan fingerprint density at radius 1 is 1.06 bits per heavy atom. The molecule has 1 aromatic rings. The van der Waals surface area contributed by atoms with Crippen molar-refractivity contribution in [1.82, 2.24) is 0 Å². The number of fused-ring (bicyclic) bond motifs is 1. The molecule has 0 bridgehead atoms. The predicted octanol–water partition coefficient (Wildman–Crippen LogP) is 3.03. The molecule has 0 atom stereocenters. The van der Waals surface area contributed by atoms with Gasteiger partial charge >= 0.3 is 0 Å². The Morgan fingerprint density at radius 2 is 1.94 bits per heavy atom. The van der Waals surface area contributed by atoms with Crippen molar-refractivity contribution >= 4 is 30.0 Å². The van der Waals surface area contributed by atoms with Crippen LogP contribution in [0.5, 0.6) is 0 Å². The van der Waals surface area contributed by atoms with E-state index in [2.05, 4.69) is 48.6 Å². The molecule has 78 valence electrons. The zero-order chi connectivity index (χ0) is 11.0. The number of hydrogen-bond donors (Lipinski definition) is 1. The van der Waals surface area contributed by atoms with Crippen LogP contribution in [0, 0.1) is 0 Å². The Hall–Kier alpha value is -1.15. The molecule has 1 aromatic carbocycles. The largest absolute Gasteiger partial charge is 0.271 e. The molecule has 0 saturated heterocycles. The molecule has 1 aliphatic heterocycles. The summed E-state index contributed by atoms with van der Waals surface area (Å²) in [6.45, 7) is 0. The molecule has 0 saturated carbocycles. The fourth-order valence-electron chi connectivity index (χ4n) is 2.42. The minimum Gasteiger partial charge on any atom is -0.215 e. The number of rotatable bonds is 0. The molecule has 0 unspecified atom stereocenters. The molecule has 1 heterocycles. The van der Waals surface area contributed by atoms with Gasteiger partial charge in [-0.2, -0.15) is 0 Å². The van der Waals surface area contributed by atoms with E-state index in [9.17, 15) is 0 Å². The standard InChI is InChI=1S/C14H13BS/c16-15-13-7-3-1-5-11(13)9-10-12-6-2-4-8-14(12)15/h1,3-5,7-10,16H,2,6H2. The first kappa shape index (κ1) is 10.0. The highest BCUT2D eigenvalue weighted by molar-refractivity contribution is 8.13. The Kier molecular flexibility index (Phi) is 2.52. The second-order valence-corrected chi connectivity index (χ2v) is 4.80. The molecule has 1 aliphatic carbocycles. The quantitative estimate of drug-likeness (QED) is 0.508. The smallest absolute Gasteiger partial charge is 0.215 e. The third-order valence-electron chi connectivity index (χ3n) is 3.30. The molecular weight excluding hydrogens is 211 g/mol. The summed E-state index contributed by atoms with van der Waals surface area (Å²) in [6, 6.07) is 8.52. The van der Waals surface area contributed by atoms with E-state index in [0.29, 0.717) is 0 Å². The normalized spacial score (nSPS) is 18.2. The van der Waals surface area contributed by atoms with Gasteiger partial charge < -0.3 is 0 Å². The van der Waals surface area contributed by atoms with Crippen LogP contribution in [0.3, 0.4) is 0 Å². The van der Waals surface area contributed by atoms with Gasteiger partial charge in [0.1, 0.15) is 0 Å². The molecule has 0 aromatic heterocycles. The molecule has 0 nitrogen and oxygen atoms in total. The van der Waals surface area contributed by atoms with Crippen LogP contribution in [-0.4, -0.2) is 5.99 Å². The summed E-state index contributed by atoms with van der Waals surface area (Å²) in [5, 5.41) is 0. The number of benzene rings is 1. The van der Waals surface area contributed by atoms with Crippen LogP contribution >= 0.6 is 12.5 Å². The van der Waals surface area contributed by atoms with Gasteiger partial charge in [-0.3, -0.25) is 0 Å². The summed E-state index contributed by atoms with van der Waals surface area (Å²) in [5.41, 5.74) is 5.43. The van der Waals surface area contributed by atoms with Crippen molar-refractivity contribution in [3.05, 3.63) is 59.1 Å². The molecule has 0 spiro atoms. The van der Waals surface area contributed by atoms with Crippen LogP contribution in [0.15, 0.2) is 53.5 Å². The van der Waals surface area contributed by atoms with E-state index in [-0.39, 0.29) is 5.99 Å². The monoisotopic (exact) mass is 224 g/mol. The third-order valence-corrected chi connectivity index (χ3v) is 3.85. The second-order valence-electron chi connectivity index (χ2n) is 4.29. The maximum absolute atomic E-state index is 4.78. The number of allylic oxidation sites excluding steroid dienone is 5. The SMILES string of the molecule is SB1C2=C(C=Cc3ccccc31)CCC=C2. The van der Waals surface area contributed by atoms with Crippen molar-refractivity contribution in [1.29, 1.82) is 0 Å². The van der Waals surface area contributed by atoms with E-state index in [1.54, 1.807) is 0 Å². The molecule has 16 heavy (non-hydrogen) atoms. The fraction of sp³-hybridized carbons (Fsp3) is 0.143. The maximum Gasteiger partial charge on any atom is 0.271 e. The summed E-state index contributed by atoms with van der Waals surface area (Å²) in [6.07, 6.45) is 11.3.